The van der Waals surface area contributed by atoms with Gasteiger partial charge in [0.25, 0.3) is 5.91 Å². The number of rotatable bonds is 5. The van der Waals surface area contributed by atoms with Crippen molar-refractivity contribution < 1.29 is 18.7 Å². The highest BCUT2D eigenvalue weighted by Crippen LogP contribution is 2.29. The summed E-state index contributed by atoms with van der Waals surface area (Å²) in [6, 6.07) is 10.5. The maximum atomic E-state index is 12.3. The summed E-state index contributed by atoms with van der Waals surface area (Å²) < 4.78 is 16.6. The van der Waals surface area contributed by atoms with Gasteiger partial charge in [-0.15, -0.1) is 0 Å². The zero-order valence-electron chi connectivity index (χ0n) is 12.8. The zero-order chi connectivity index (χ0) is 16.2. The van der Waals surface area contributed by atoms with Crippen LogP contribution in [-0.2, 0) is 9.47 Å². The quantitative estimate of drug-likeness (QED) is 0.912. The van der Waals surface area contributed by atoms with Crippen LogP contribution >= 0.6 is 11.6 Å². The maximum Gasteiger partial charge on any atom is 0.287 e. The Morgan fingerprint density at radius 2 is 2.13 bits per heavy atom. The number of furan rings is 1. The predicted octanol–water partition coefficient (Wildman–Crippen LogP) is 3.13. The van der Waals surface area contributed by atoms with Crippen molar-refractivity contribution in [1.82, 2.24) is 5.32 Å². The van der Waals surface area contributed by atoms with Gasteiger partial charge in [-0.05, 0) is 31.2 Å². The van der Waals surface area contributed by atoms with Crippen molar-refractivity contribution in [3.63, 3.8) is 0 Å². The van der Waals surface area contributed by atoms with E-state index in [0.29, 0.717) is 30.6 Å². The molecule has 2 atom stereocenters. The smallest absolute Gasteiger partial charge is 0.287 e. The minimum absolute atomic E-state index is 0.123. The van der Waals surface area contributed by atoms with Gasteiger partial charge in [0.15, 0.2) is 5.76 Å². The number of halogens is 1. The van der Waals surface area contributed by atoms with E-state index in [1.54, 1.807) is 18.2 Å². The monoisotopic (exact) mass is 335 g/mol. The first-order valence-electron chi connectivity index (χ1n) is 7.54. The first-order chi connectivity index (χ1) is 11.2. The van der Waals surface area contributed by atoms with Crippen LogP contribution in [0.4, 0.5) is 0 Å². The van der Waals surface area contributed by atoms with Gasteiger partial charge >= 0.3 is 0 Å². The van der Waals surface area contributed by atoms with Gasteiger partial charge in [0.05, 0.1) is 24.3 Å². The molecule has 3 rings (SSSR count). The first kappa shape index (κ1) is 16.1. The lowest BCUT2D eigenvalue weighted by Gasteiger charge is -2.18. The highest BCUT2D eigenvalue weighted by atomic mass is 35.5. The van der Waals surface area contributed by atoms with Crippen molar-refractivity contribution in [1.29, 1.82) is 0 Å². The van der Waals surface area contributed by atoms with Crippen molar-refractivity contribution >= 4 is 17.5 Å². The van der Waals surface area contributed by atoms with Crippen molar-refractivity contribution in [2.24, 2.45) is 0 Å². The summed E-state index contributed by atoms with van der Waals surface area (Å²) in [4.78, 5) is 12.3. The molecule has 0 bridgehead atoms. The Bertz CT molecular complexity index is 685. The average molecular weight is 336 g/mol. The van der Waals surface area contributed by atoms with Gasteiger partial charge in [-0.1, -0.05) is 23.7 Å². The second kappa shape index (κ2) is 7.17. The molecule has 1 aromatic heterocycles. The molecule has 6 heteroatoms. The Labute approximate surface area is 139 Å². The summed E-state index contributed by atoms with van der Waals surface area (Å²) >= 11 is 6.15. The Morgan fingerprint density at radius 1 is 1.30 bits per heavy atom. The van der Waals surface area contributed by atoms with E-state index in [1.807, 2.05) is 25.1 Å². The Hall–Kier alpha value is -1.82. The van der Waals surface area contributed by atoms with Gasteiger partial charge in [-0.2, -0.15) is 0 Å². The van der Waals surface area contributed by atoms with E-state index in [4.69, 9.17) is 25.5 Å². The second-order valence-electron chi connectivity index (χ2n) is 5.25. The number of carbonyl (C=O) groups is 1. The first-order valence-corrected chi connectivity index (χ1v) is 7.91. The minimum Gasteiger partial charge on any atom is -0.451 e. The molecule has 2 heterocycles. The number of hydrogen-bond donors (Lipinski definition) is 1. The second-order valence-corrected chi connectivity index (χ2v) is 5.66. The van der Waals surface area contributed by atoms with E-state index in [2.05, 4.69) is 5.32 Å². The lowest BCUT2D eigenvalue weighted by molar-refractivity contribution is 0.0399. The topological polar surface area (TPSA) is 60.7 Å². The number of ether oxygens (including phenoxy) is 2. The van der Waals surface area contributed by atoms with Gasteiger partial charge in [0.1, 0.15) is 11.9 Å². The van der Waals surface area contributed by atoms with E-state index >= 15 is 0 Å². The van der Waals surface area contributed by atoms with E-state index < -0.39 is 0 Å². The van der Waals surface area contributed by atoms with E-state index in [1.165, 1.54) is 0 Å². The normalized spacial score (nSPS) is 20.6. The van der Waals surface area contributed by atoms with Crippen molar-refractivity contribution in [2.45, 2.75) is 19.1 Å². The Morgan fingerprint density at radius 3 is 2.91 bits per heavy atom. The molecule has 5 nitrogen and oxygen atoms in total. The molecule has 1 fully saturated rings. The summed E-state index contributed by atoms with van der Waals surface area (Å²) in [6.45, 7) is 3.42. The van der Waals surface area contributed by atoms with Crippen LogP contribution < -0.4 is 5.32 Å². The molecule has 0 unspecified atom stereocenters. The molecule has 0 radical (unpaired) electrons. The zero-order valence-corrected chi connectivity index (χ0v) is 13.5. The molecule has 1 amide bonds. The van der Waals surface area contributed by atoms with Crippen LogP contribution in [0.2, 0.25) is 5.02 Å². The number of benzene rings is 1. The third kappa shape index (κ3) is 3.58. The summed E-state index contributed by atoms with van der Waals surface area (Å²) in [7, 11) is 0. The standard InChI is InChI=1S/C17H18ClNO4/c1-2-22-16-10-21-9-13(16)19-17(20)15-8-7-14(23-15)11-5-3-4-6-12(11)18/h3-8,13,16H,2,9-10H2,1H3,(H,19,20)/t13-,16-/m1/s1. The molecule has 1 N–H and O–H groups in total. The molecule has 122 valence electrons. The minimum atomic E-state index is -0.288. The van der Waals surface area contributed by atoms with Crippen molar-refractivity contribution in [3.05, 3.63) is 47.2 Å². The van der Waals surface area contributed by atoms with Gasteiger partial charge in [-0.25, -0.2) is 0 Å². The Balaban J connectivity index is 1.70. The average Bonchev–Trinajstić information content (AvgIpc) is 3.18. The van der Waals surface area contributed by atoms with Crippen LogP contribution in [0.25, 0.3) is 11.3 Å². The third-order valence-electron chi connectivity index (χ3n) is 3.69. The number of carbonyl (C=O) groups excluding carboxylic acids is 1. The molecule has 1 aromatic carbocycles. The fraction of sp³-hybridized carbons (Fsp3) is 0.353. The van der Waals surface area contributed by atoms with Crippen LogP contribution in [0.3, 0.4) is 0 Å². The van der Waals surface area contributed by atoms with E-state index in [9.17, 15) is 4.79 Å². The highest BCUT2D eigenvalue weighted by Gasteiger charge is 2.31. The van der Waals surface area contributed by atoms with Gasteiger partial charge in [0.2, 0.25) is 0 Å². The lowest BCUT2D eigenvalue weighted by atomic mass is 10.2. The molecule has 0 aliphatic carbocycles. The van der Waals surface area contributed by atoms with Crippen LogP contribution in [0.15, 0.2) is 40.8 Å². The van der Waals surface area contributed by atoms with Crippen LogP contribution in [-0.4, -0.2) is 37.9 Å². The van der Waals surface area contributed by atoms with Gasteiger partial charge < -0.3 is 19.2 Å². The molecule has 1 aliphatic heterocycles. The fourth-order valence-electron chi connectivity index (χ4n) is 2.55. The number of hydrogen-bond acceptors (Lipinski definition) is 4. The van der Waals surface area contributed by atoms with Gasteiger partial charge in [-0.3, -0.25) is 4.79 Å². The lowest BCUT2D eigenvalue weighted by Crippen LogP contribution is -2.43. The Kier molecular flexibility index (Phi) is 5.00. The fourth-order valence-corrected chi connectivity index (χ4v) is 2.78. The molecule has 2 aromatic rings. The van der Waals surface area contributed by atoms with E-state index in [-0.39, 0.29) is 23.8 Å². The van der Waals surface area contributed by atoms with E-state index in [0.717, 1.165) is 5.56 Å². The molecule has 1 aliphatic rings. The largest absolute Gasteiger partial charge is 0.451 e. The predicted molar refractivity (Wildman–Crippen MR) is 86.6 cm³/mol. The third-order valence-corrected chi connectivity index (χ3v) is 4.02. The molecule has 23 heavy (non-hydrogen) atoms. The molecule has 1 saturated heterocycles. The van der Waals surface area contributed by atoms with Crippen molar-refractivity contribution in [2.75, 3.05) is 19.8 Å². The maximum absolute atomic E-state index is 12.3. The van der Waals surface area contributed by atoms with Gasteiger partial charge in [0, 0.05) is 12.2 Å². The number of amides is 1. The number of nitrogens with one attached hydrogen (secondary N) is 1. The molecular formula is C17H18ClNO4. The summed E-state index contributed by atoms with van der Waals surface area (Å²) in [5.74, 6) is 0.510. The molecular weight excluding hydrogens is 318 g/mol. The van der Waals surface area contributed by atoms with Crippen LogP contribution in [0.5, 0.6) is 0 Å². The SMILES string of the molecule is CCO[C@@H]1COC[C@H]1NC(=O)c1ccc(-c2ccccc2Cl)o1. The summed E-state index contributed by atoms with van der Waals surface area (Å²) in [5.41, 5.74) is 0.754. The summed E-state index contributed by atoms with van der Waals surface area (Å²) in [6.07, 6.45) is -0.123. The highest BCUT2D eigenvalue weighted by molar-refractivity contribution is 6.33. The molecule has 0 spiro atoms. The van der Waals surface area contributed by atoms with Crippen molar-refractivity contribution in [3.8, 4) is 11.3 Å². The van der Waals surface area contributed by atoms with Crippen LogP contribution in [0.1, 0.15) is 17.5 Å². The molecule has 0 saturated carbocycles. The van der Waals surface area contributed by atoms with Crippen LogP contribution in [0, 0.1) is 0 Å². The summed E-state index contributed by atoms with van der Waals surface area (Å²) in [5, 5.41) is 3.47.